The van der Waals surface area contributed by atoms with Gasteiger partial charge in [0.25, 0.3) is 0 Å². The Hall–Kier alpha value is -1.33. The molecule has 19 heavy (non-hydrogen) atoms. The van der Waals surface area contributed by atoms with Gasteiger partial charge in [-0.2, -0.15) is 0 Å². The van der Waals surface area contributed by atoms with Gasteiger partial charge in [-0.1, -0.05) is 6.07 Å². The minimum absolute atomic E-state index is 0.343. The number of nitrogens with one attached hydrogen (secondary N) is 1. The first-order valence-electron chi connectivity index (χ1n) is 5.96. The minimum atomic E-state index is -3.15. The molecule has 0 radical (unpaired) electrons. The summed E-state index contributed by atoms with van der Waals surface area (Å²) >= 11 is 1.78. The van der Waals surface area contributed by atoms with E-state index in [9.17, 15) is 8.42 Å². The van der Waals surface area contributed by atoms with Gasteiger partial charge in [-0.15, -0.1) is 11.3 Å². The number of hydrogen-bond acceptors (Lipinski definition) is 4. The van der Waals surface area contributed by atoms with Crippen molar-refractivity contribution in [1.29, 1.82) is 0 Å². The van der Waals surface area contributed by atoms with Crippen LogP contribution in [0, 0.1) is 13.8 Å². The van der Waals surface area contributed by atoms with E-state index in [0.29, 0.717) is 11.4 Å². The van der Waals surface area contributed by atoms with Crippen LogP contribution >= 0.6 is 11.3 Å². The lowest BCUT2D eigenvalue weighted by Crippen LogP contribution is -2.02. The lowest BCUT2D eigenvalue weighted by Gasteiger charge is -2.07. The van der Waals surface area contributed by atoms with Crippen molar-refractivity contribution in [3.63, 3.8) is 0 Å². The molecule has 0 unspecified atom stereocenters. The molecule has 1 N–H and O–H groups in total. The zero-order valence-corrected chi connectivity index (χ0v) is 12.9. The summed E-state index contributed by atoms with van der Waals surface area (Å²) in [6.45, 7) is 4.90. The minimum Gasteiger partial charge on any atom is -0.381 e. The van der Waals surface area contributed by atoms with E-state index in [1.807, 2.05) is 6.07 Å². The summed E-state index contributed by atoms with van der Waals surface area (Å²) in [4.78, 5) is 2.93. The average Bonchev–Trinajstić information content (AvgIpc) is 2.64. The third kappa shape index (κ3) is 3.58. The third-order valence-corrected chi connectivity index (χ3v) is 5.01. The first-order valence-corrected chi connectivity index (χ1v) is 8.67. The zero-order chi connectivity index (χ0) is 14.0. The van der Waals surface area contributed by atoms with Gasteiger partial charge in [0.05, 0.1) is 4.90 Å². The number of anilines is 1. The van der Waals surface area contributed by atoms with Crippen LogP contribution in [0.5, 0.6) is 0 Å². The predicted molar refractivity (Wildman–Crippen MR) is 80.7 cm³/mol. The van der Waals surface area contributed by atoms with Gasteiger partial charge in [0.1, 0.15) is 0 Å². The first kappa shape index (κ1) is 14.1. The highest BCUT2D eigenvalue weighted by molar-refractivity contribution is 7.90. The lowest BCUT2D eigenvalue weighted by molar-refractivity contribution is 0.602. The molecule has 3 nitrogen and oxygen atoms in total. The molecule has 2 aromatic rings. The molecule has 5 heteroatoms. The van der Waals surface area contributed by atoms with Crippen LogP contribution in [0.2, 0.25) is 0 Å². The second-order valence-electron chi connectivity index (χ2n) is 4.59. The summed E-state index contributed by atoms with van der Waals surface area (Å²) in [7, 11) is -3.15. The SMILES string of the molecule is Cc1cc(CNc2cccc(S(C)(=O)=O)c2)c(C)s1. The summed E-state index contributed by atoms with van der Waals surface area (Å²) in [6.07, 6.45) is 1.22. The van der Waals surface area contributed by atoms with Crippen LogP contribution in [-0.4, -0.2) is 14.7 Å². The second-order valence-corrected chi connectivity index (χ2v) is 8.07. The molecule has 0 amide bonds. The molecular formula is C14H17NO2S2. The summed E-state index contributed by atoms with van der Waals surface area (Å²) in [5, 5.41) is 3.27. The van der Waals surface area contributed by atoms with E-state index >= 15 is 0 Å². The second kappa shape index (κ2) is 5.35. The van der Waals surface area contributed by atoms with Crippen molar-refractivity contribution in [3.05, 3.63) is 45.6 Å². The summed E-state index contributed by atoms with van der Waals surface area (Å²) < 4.78 is 23.0. The van der Waals surface area contributed by atoms with E-state index < -0.39 is 9.84 Å². The van der Waals surface area contributed by atoms with Crippen LogP contribution in [-0.2, 0) is 16.4 Å². The molecule has 0 fully saturated rings. The molecular weight excluding hydrogens is 278 g/mol. The van der Waals surface area contributed by atoms with E-state index in [2.05, 4.69) is 25.2 Å². The van der Waals surface area contributed by atoms with Crippen LogP contribution in [0.4, 0.5) is 5.69 Å². The van der Waals surface area contributed by atoms with Crippen molar-refractivity contribution in [2.45, 2.75) is 25.3 Å². The van der Waals surface area contributed by atoms with Crippen molar-refractivity contribution in [2.24, 2.45) is 0 Å². The van der Waals surface area contributed by atoms with Crippen molar-refractivity contribution in [1.82, 2.24) is 0 Å². The molecule has 0 aliphatic carbocycles. The summed E-state index contributed by atoms with van der Waals surface area (Å²) in [6, 6.07) is 9.07. The van der Waals surface area contributed by atoms with E-state index in [-0.39, 0.29) is 0 Å². The molecule has 0 atom stereocenters. The van der Waals surface area contributed by atoms with Gasteiger partial charge in [0.2, 0.25) is 0 Å². The van der Waals surface area contributed by atoms with Gasteiger partial charge in [-0.25, -0.2) is 8.42 Å². The highest BCUT2D eigenvalue weighted by atomic mass is 32.2. The molecule has 0 spiro atoms. The highest BCUT2D eigenvalue weighted by Crippen LogP contribution is 2.22. The fraction of sp³-hybridized carbons (Fsp3) is 0.286. The van der Waals surface area contributed by atoms with Crippen molar-refractivity contribution in [3.8, 4) is 0 Å². The van der Waals surface area contributed by atoms with Crippen LogP contribution in [0.15, 0.2) is 35.2 Å². The van der Waals surface area contributed by atoms with Gasteiger partial charge in [0.15, 0.2) is 9.84 Å². The molecule has 1 heterocycles. The smallest absolute Gasteiger partial charge is 0.175 e. The molecule has 1 aromatic heterocycles. The maximum absolute atomic E-state index is 11.5. The topological polar surface area (TPSA) is 46.2 Å². The van der Waals surface area contributed by atoms with E-state index in [1.165, 1.54) is 21.6 Å². The molecule has 0 saturated carbocycles. The molecule has 0 aliphatic heterocycles. The maximum atomic E-state index is 11.5. The van der Waals surface area contributed by atoms with Crippen molar-refractivity contribution >= 4 is 26.9 Å². The monoisotopic (exact) mass is 295 g/mol. The lowest BCUT2D eigenvalue weighted by atomic mass is 10.2. The van der Waals surface area contributed by atoms with Crippen molar-refractivity contribution in [2.75, 3.05) is 11.6 Å². The molecule has 0 bridgehead atoms. The summed E-state index contributed by atoms with van der Waals surface area (Å²) in [5.41, 5.74) is 2.08. The number of sulfone groups is 1. The molecule has 0 aliphatic rings. The quantitative estimate of drug-likeness (QED) is 0.940. The van der Waals surface area contributed by atoms with E-state index in [0.717, 1.165) is 5.69 Å². The predicted octanol–water partition coefficient (Wildman–Crippen LogP) is 3.38. The van der Waals surface area contributed by atoms with E-state index in [1.54, 1.807) is 29.5 Å². The van der Waals surface area contributed by atoms with Crippen LogP contribution in [0.1, 0.15) is 15.3 Å². The number of rotatable bonds is 4. The normalized spacial score (nSPS) is 11.5. The summed E-state index contributed by atoms with van der Waals surface area (Å²) in [5.74, 6) is 0. The molecule has 102 valence electrons. The van der Waals surface area contributed by atoms with Gasteiger partial charge >= 0.3 is 0 Å². The fourth-order valence-corrected chi connectivity index (χ4v) is 3.51. The zero-order valence-electron chi connectivity index (χ0n) is 11.2. The maximum Gasteiger partial charge on any atom is 0.175 e. The Morgan fingerprint density at radius 2 is 1.95 bits per heavy atom. The standard InChI is InChI=1S/C14H17NO2S2/c1-10-7-12(11(2)18-10)9-15-13-5-4-6-14(8-13)19(3,16)17/h4-8,15H,9H2,1-3H3. The Balaban J connectivity index is 2.14. The Bertz CT molecular complexity index is 687. The average molecular weight is 295 g/mol. The Kier molecular flexibility index (Phi) is 3.96. The van der Waals surface area contributed by atoms with Crippen molar-refractivity contribution < 1.29 is 8.42 Å². The Morgan fingerprint density at radius 1 is 1.21 bits per heavy atom. The van der Waals surface area contributed by atoms with Gasteiger partial charge in [0, 0.05) is 28.2 Å². The van der Waals surface area contributed by atoms with Gasteiger partial charge in [-0.05, 0) is 43.7 Å². The Morgan fingerprint density at radius 3 is 2.53 bits per heavy atom. The largest absolute Gasteiger partial charge is 0.381 e. The fourth-order valence-electron chi connectivity index (χ4n) is 1.89. The Labute approximate surface area is 118 Å². The molecule has 0 saturated heterocycles. The number of hydrogen-bond donors (Lipinski definition) is 1. The highest BCUT2D eigenvalue weighted by Gasteiger charge is 2.08. The number of thiophene rings is 1. The molecule has 2 rings (SSSR count). The van der Waals surface area contributed by atoms with Gasteiger partial charge in [-0.3, -0.25) is 0 Å². The van der Waals surface area contributed by atoms with Crippen LogP contribution < -0.4 is 5.32 Å². The van der Waals surface area contributed by atoms with Crippen LogP contribution in [0.25, 0.3) is 0 Å². The van der Waals surface area contributed by atoms with Gasteiger partial charge < -0.3 is 5.32 Å². The van der Waals surface area contributed by atoms with E-state index in [4.69, 9.17) is 0 Å². The van der Waals surface area contributed by atoms with Crippen LogP contribution in [0.3, 0.4) is 0 Å². The number of benzene rings is 1. The molecule has 1 aromatic carbocycles. The third-order valence-electron chi connectivity index (χ3n) is 2.89. The number of aryl methyl sites for hydroxylation is 2. The first-order chi connectivity index (χ1) is 8.86.